The molecule has 4 heteroatoms. The Balaban J connectivity index is 2.20. The lowest BCUT2D eigenvalue weighted by Crippen LogP contribution is -2.36. The maximum atomic E-state index is 12.2. The number of fused-ring (bicyclic) bond motifs is 1. The average Bonchev–Trinajstić information content (AvgIpc) is 2.82. The average molecular weight is 345 g/mol. The van der Waals surface area contributed by atoms with Crippen LogP contribution in [0.1, 0.15) is 16.7 Å². The molecule has 1 N–H and O–H groups in total. The van der Waals surface area contributed by atoms with Gasteiger partial charge in [-0.2, -0.15) is 0 Å². The number of ether oxygens (including phenoxy) is 1. The molecule has 21 heavy (non-hydrogen) atoms. The Bertz CT molecular complexity index is 734. The maximum Gasteiger partial charge on any atom is 0.347 e. The molecule has 2 aromatic carbocycles. The van der Waals surface area contributed by atoms with Crippen LogP contribution in [0.4, 0.5) is 0 Å². The van der Waals surface area contributed by atoms with Gasteiger partial charge in [-0.3, -0.25) is 0 Å². The smallest absolute Gasteiger partial charge is 0.347 e. The number of methoxy groups -OCH3 is 1. The summed E-state index contributed by atoms with van der Waals surface area (Å²) < 4.78 is 5.76. The molecule has 0 spiro atoms. The van der Waals surface area contributed by atoms with E-state index in [9.17, 15) is 9.90 Å². The summed E-state index contributed by atoms with van der Waals surface area (Å²) in [6, 6.07) is 14.7. The minimum absolute atomic E-state index is 0.531. The molecule has 0 unspecified atom stereocenters. The van der Waals surface area contributed by atoms with Crippen LogP contribution in [0.3, 0.4) is 0 Å². The molecule has 3 nitrogen and oxygen atoms in total. The number of rotatable bonds is 2. The molecule has 1 aliphatic carbocycles. The third-order valence-electron chi connectivity index (χ3n) is 3.68. The summed E-state index contributed by atoms with van der Waals surface area (Å²) >= 11 is 3.38. The van der Waals surface area contributed by atoms with Crippen molar-refractivity contribution >= 4 is 33.5 Å². The van der Waals surface area contributed by atoms with Crippen molar-refractivity contribution in [3.05, 3.63) is 69.7 Å². The molecule has 2 aromatic rings. The number of esters is 1. The SMILES string of the molecule is COC(=O)[C@]1(O)C(c2ccc(Br)cc2)=Cc2ccccc21. The van der Waals surface area contributed by atoms with E-state index in [4.69, 9.17) is 4.74 Å². The Morgan fingerprint density at radius 3 is 2.48 bits per heavy atom. The molecule has 0 aromatic heterocycles. The van der Waals surface area contributed by atoms with Crippen molar-refractivity contribution in [1.82, 2.24) is 0 Å². The van der Waals surface area contributed by atoms with Gasteiger partial charge in [-0.1, -0.05) is 52.3 Å². The van der Waals surface area contributed by atoms with Crippen molar-refractivity contribution in [2.24, 2.45) is 0 Å². The minimum atomic E-state index is -1.76. The van der Waals surface area contributed by atoms with Gasteiger partial charge >= 0.3 is 5.97 Å². The van der Waals surface area contributed by atoms with E-state index < -0.39 is 11.6 Å². The lowest BCUT2D eigenvalue weighted by molar-refractivity contribution is -0.156. The first kappa shape index (κ1) is 14.0. The molecule has 3 rings (SSSR count). The number of carbonyl (C=O) groups excluding carboxylic acids is 1. The number of benzene rings is 2. The number of halogens is 1. The third kappa shape index (κ3) is 2.11. The standard InChI is InChI=1S/C17H13BrO3/c1-21-16(19)17(20)14-5-3-2-4-12(14)10-15(17)11-6-8-13(18)9-7-11/h2-10,20H,1H3/t17-/m1/s1. The lowest BCUT2D eigenvalue weighted by Gasteiger charge is -2.25. The largest absolute Gasteiger partial charge is 0.466 e. The van der Waals surface area contributed by atoms with Crippen molar-refractivity contribution in [2.45, 2.75) is 5.60 Å². The Morgan fingerprint density at radius 2 is 1.81 bits per heavy atom. The highest BCUT2D eigenvalue weighted by Gasteiger charge is 2.48. The van der Waals surface area contributed by atoms with Gasteiger partial charge < -0.3 is 9.84 Å². The molecule has 0 bridgehead atoms. The van der Waals surface area contributed by atoms with Gasteiger partial charge in [0.1, 0.15) is 0 Å². The topological polar surface area (TPSA) is 46.5 Å². The van der Waals surface area contributed by atoms with Crippen molar-refractivity contribution in [3.8, 4) is 0 Å². The highest BCUT2D eigenvalue weighted by Crippen LogP contribution is 2.45. The molecule has 0 radical (unpaired) electrons. The molecule has 1 aliphatic rings. The number of hydrogen-bond donors (Lipinski definition) is 1. The van der Waals surface area contributed by atoms with E-state index in [2.05, 4.69) is 15.9 Å². The van der Waals surface area contributed by atoms with E-state index in [0.29, 0.717) is 11.1 Å². The predicted molar refractivity (Wildman–Crippen MR) is 84.4 cm³/mol. The van der Waals surface area contributed by atoms with Crippen LogP contribution in [0.25, 0.3) is 11.6 Å². The summed E-state index contributed by atoms with van der Waals surface area (Å²) in [4.78, 5) is 12.2. The molecule has 0 amide bonds. The second-order valence-corrected chi connectivity index (χ2v) is 5.77. The molecule has 0 heterocycles. The Kier molecular flexibility index (Phi) is 3.43. The van der Waals surface area contributed by atoms with Gasteiger partial charge in [0.15, 0.2) is 0 Å². The molecule has 0 saturated carbocycles. The van der Waals surface area contributed by atoms with Crippen LogP contribution >= 0.6 is 15.9 Å². The second kappa shape index (κ2) is 5.13. The zero-order valence-electron chi connectivity index (χ0n) is 11.3. The van der Waals surface area contributed by atoms with E-state index in [1.54, 1.807) is 12.1 Å². The maximum absolute atomic E-state index is 12.2. The summed E-state index contributed by atoms with van der Waals surface area (Å²) in [6.45, 7) is 0. The minimum Gasteiger partial charge on any atom is -0.466 e. The van der Waals surface area contributed by atoms with Gasteiger partial charge in [0.25, 0.3) is 0 Å². The fourth-order valence-corrected chi connectivity index (χ4v) is 2.91. The summed E-state index contributed by atoms with van der Waals surface area (Å²) in [5, 5.41) is 11.0. The molecular formula is C17H13BrO3. The van der Waals surface area contributed by atoms with Gasteiger partial charge in [0.2, 0.25) is 5.60 Å². The summed E-state index contributed by atoms with van der Waals surface area (Å²) in [5.41, 5.74) is 0.919. The first-order valence-electron chi connectivity index (χ1n) is 6.46. The molecule has 0 fully saturated rings. The summed E-state index contributed by atoms with van der Waals surface area (Å²) in [5.74, 6) is -0.679. The van der Waals surface area contributed by atoms with Gasteiger partial charge in [0.05, 0.1) is 7.11 Å². The monoisotopic (exact) mass is 344 g/mol. The zero-order valence-corrected chi connectivity index (χ0v) is 12.9. The van der Waals surface area contributed by atoms with Crippen molar-refractivity contribution < 1.29 is 14.6 Å². The van der Waals surface area contributed by atoms with Crippen LogP contribution < -0.4 is 0 Å². The predicted octanol–water partition coefficient (Wildman–Crippen LogP) is 3.36. The molecule has 106 valence electrons. The fraction of sp³-hybridized carbons (Fsp3) is 0.118. The first-order chi connectivity index (χ1) is 10.1. The van der Waals surface area contributed by atoms with Gasteiger partial charge in [-0.25, -0.2) is 4.79 Å². The van der Waals surface area contributed by atoms with E-state index >= 15 is 0 Å². The van der Waals surface area contributed by atoms with Crippen molar-refractivity contribution in [3.63, 3.8) is 0 Å². The normalized spacial score (nSPS) is 19.9. The fourth-order valence-electron chi connectivity index (χ4n) is 2.65. The van der Waals surface area contributed by atoms with E-state index in [0.717, 1.165) is 15.6 Å². The summed E-state index contributed by atoms with van der Waals surface area (Å²) in [7, 11) is 1.28. The quantitative estimate of drug-likeness (QED) is 0.849. The summed E-state index contributed by atoms with van der Waals surface area (Å²) in [6.07, 6.45) is 1.83. The zero-order chi connectivity index (χ0) is 15.0. The Hall–Kier alpha value is -1.91. The molecule has 1 atom stereocenters. The van der Waals surface area contributed by atoms with Gasteiger partial charge in [-0.15, -0.1) is 0 Å². The third-order valence-corrected chi connectivity index (χ3v) is 4.20. The molecular weight excluding hydrogens is 332 g/mol. The van der Waals surface area contributed by atoms with Crippen molar-refractivity contribution in [2.75, 3.05) is 7.11 Å². The van der Waals surface area contributed by atoms with Crippen LogP contribution in [-0.4, -0.2) is 18.2 Å². The van der Waals surface area contributed by atoms with Crippen LogP contribution in [0.2, 0.25) is 0 Å². The van der Waals surface area contributed by atoms with Gasteiger partial charge in [0, 0.05) is 15.6 Å². The van der Waals surface area contributed by atoms with E-state index in [-0.39, 0.29) is 0 Å². The van der Waals surface area contributed by atoms with Crippen LogP contribution in [0, 0.1) is 0 Å². The molecule has 0 aliphatic heterocycles. The number of carbonyl (C=O) groups is 1. The number of hydrogen-bond acceptors (Lipinski definition) is 3. The van der Waals surface area contributed by atoms with Gasteiger partial charge in [-0.05, 0) is 29.3 Å². The number of aliphatic hydroxyl groups is 1. The van der Waals surface area contributed by atoms with Crippen molar-refractivity contribution in [1.29, 1.82) is 0 Å². The first-order valence-corrected chi connectivity index (χ1v) is 7.25. The van der Waals surface area contributed by atoms with E-state index in [1.807, 2.05) is 42.5 Å². The van der Waals surface area contributed by atoms with Crippen LogP contribution in [0.5, 0.6) is 0 Å². The Labute approximate surface area is 131 Å². The highest BCUT2D eigenvalue weighted by molar-refractivity contribution is 9.10. The molecule has 0 saturated heterocycles. The Morgan fingerprint density at radius 1 is 1.14 bits per heavy atom. The van der Waals surface area contributed by atoms with Crippen LogP contribution in [-0.2, 0) is 15.1 Å². The van der Waals surface area contributed by atoms with E-state index in [1.165, 1.54) is 7.11 Å². The second-order valence-electron chi connectivity index (χ2n) is 4.85. The lowest BCUT2D eigenvalue weighted by atomic mass is 9.86. The highest BCUT2D eigenvalue weighted by atomic mass is 79.9. The van der Waals surface area contributed by atoms with Crippen LogP contribution in [0.15, 0.2) is 53.0 Å².